The standard InChI is InChI=1S/C21H21N3O5S/c1-4-29-20(26)13-5-7-14(8-6-13)22-19(25)16-12-30-21(24-16)23-15-9-10-17(27-2)18(11-15)28-3/h5-12H,4H2,1-3H3,(H,22,25)(H,23,24). The van der Waals surface area contributed by atoms with E-state index in [0.29, 0.717) is 34.5 Å². The Hall–Kier alpha value is -3.59. The van der Waals surface area contributed by atoms with Crippen molar-refractivity contribution in [3.8, 4) is 11.5 Å². The first kappa shape index (κ1) is 21.1. The van der Waals surface area contributed by atoms with Crippen LogP contribution in [0.1, 0.15) is 27.8 Å². The van der Waals surface area contributed by atoms with E-state index in [1.807, 2.05) is 6.07 Å². The van der Waals surface area contributed by atoms with E-state index >= 15 is 0 Å². The van der Waals surface area contributed by atoms with Crippen LogP contribution in [0.5, 0.6) is 11.5 Å². The zero-order chi connectivity index (χ0) is 21.5. The molecule has 156 valence electrons. The number of carbonyl (C=O) groups is 2. The number of benzene rings is 2. The van der Waals surface area contributed by atoms with Crippen molar-refractivity contribution in [3.05, 3.63) is 59.1 Å². The lowest BCUT2D eigenvalue weighted by molar-refractivity contribution is 0.0526. The van der Waals surface area contributed by atoms with E-state index in [4.69, 9.17) is 14.2 Å². The number of hydrogen-bond donors (Lipinski definition) is 2. The first-order valence-corrected chi connectivity index (χ1v) is 9.95. The molecule has 0 aliphatic heterocycles. The van der Waals surface area contributed by atoms with Crippen molar-refractivity contribution in [2.24, 2.45) is 0 Å². The topological polar surface area (TPSA) is 98.8 Å². The number of nitrogens with one attached hydrogen (secondary N) is 2. The Kier molecular flexibility index (Phi) is 6.87. The summed E-state index contributed by atoms with van der Waals surface area (Å²) in [5, 5.41) is 8.12. The summed E-state index contributed by atoms with van der Waals surface area (Å²) in [6.07, 6.45) is 0. The maximum atomic E-state index is 12.5. The van der Waals surface area contributed by atoms with Crippen LogP contribution in [-0.2, 0) is 4.74 Å². The van der Waals surface area contributed by atoms with E-state index in [9.17, 15) is 9.59 Å². The van der Waals surface area contributed by atoms with Crippen molar-refractivity contribution in [3.63, 3.8) is 0 Å². The minimum Gasteiger partial charge on any atom is -0.493 e. The molecule has 3 aromatic rings. The van der Waals surface area contributed by atoms with Crippen molar-refractivity contribution >= 4 is 39.7 Å². The SMILES string of the molecule is CCOC(=O)c1ccc(NC(=O)c2csc(Nc3ccc(OC)c(OC)c3)n2)cc1. The van der Waals surface area contributed by atoms with E-state index in [-0.39, 0.29) is 11.6 Å². The molecule has 0 saturated carbocycles. The van der Waals surface area contributed by atoms with Crippen LogP contribution in [-0.4, -0.2) is 37.7 Å². The Morgan fingerprint density at radius 1 is 1.00 bits per heavy atom. The van der Waals surface area contributed by atoms with Crippen molar-refractivity contribution in [2.75, 3.05) is 31.5 Å². The molecule has 0 spiro atoms. The first-order valence-electron chi connectivity index (χ1n) is 9.07. The van der Waals surface area contributed by atoms with Gasteiger partial charge in [0.1, 0.15) is 5.69 Å². The molecular formula is C21H21N3O5S. The third-order valence-corrected chi connectivity index (χ3v) is 4.78. The fourth-order valence-corrected chi connectivity index (χ4v) is 3.28. The van der Waals surface area contributed by atoms with E-state index in [1.54, 1.807) is 62.9 Å². The molecule has 1 amide bonds. The highest BCUT2D eigenvalue weighted by molar-refractivity contribution is 7.14. The summed E-state index contributed by atoms with van der Waals surface area (Å²) >= 11 is 1.30. The van der Waals surface area contributed by atoms with Crippen LogP contribution < -0.4 is 20.1 Å². The van der Waals surface area contributed by atoms with Gasteiger partial charge in [-0.05, 0) is 43.3 Å². The number of methoxy groups -OCH3 is 2. The molecule has 0 fully saturated rings. The lowest BCUT2D eigenvalue weighted by atomic mass is 10.2. The van der Waals surface area contributed by atoms with Gasteiger partial charge in [-0.2, -0.15) is 0 Å². The van der Waals surface area contributed by atoms with Crippen LogP contribution in [0.15, 0.2) is 47.8 Å². The third-order valence-electron chi connectivity index (χ3n) is 4.03. The minimum atomic E-state index is -0.402. The van der Waals surface area contributed by atoms with E-state index < -0.39 is 5.97 Å². The van der Waals surface area contributed by atoms with Crippen molar-refractivity contribution in [2.45, 2.75) is 6.92 Å². The van der Waals surface area contributed by atoms with Gasteiger partial charge in [0.15, 0.2) is 16.6 Å². The first-order chi connectivity index (χ1) is 14.5. The van der Waals surface area contributed by atoms with Crippen LogP contribution in [0.25, 0.3) is 0 Å². The molecule has 8 nitrogen and oxygen atoms in total. The molecule has 0 bridgehead atoms. The van der Waals surface area contributed by atoms with E-state index in [2.05, 4.69) is 15.6 Å². The van der Waals surface area contributed by atoms with E-state index in [1.165, 1.54) is 11.3 Å². The Morgan fingerprint density at radius 2 is 1.70 bits per heavy atom. The number of thiazole rings is 1. The van der Waals surface area contributed by atoms with Crippen LogP contribution >= 0.6 is 11.3 Å². The lowest BCUT2D eigenvalue weighted by Gasteiger charge is -2.09. The summed E-state index contributed by atoms with van der Waals surface area (Å²) in [6.45, 7) is 2.05. The second kappa shape index (κ2) is 9.75. The molecular weight excluding hydrogens is 406 g/mol. The molecule has 1 aromatic heterocycles. The summed E-state index contributed by atoms with van der Waals surface area (Å²) in [5.41, 5.74) is 2.00. The number of carbonyl (C=O) groups excluding carboxylic acids is 2. The lowest BCUT2D eigenvalue weighted by Crippen LogP contribution is -2.12. The van der Waals surface area contributed by atoms with Gasteiger partial charge in [0, 0.05) is 22.8 Å². The predicted molar refractivity (Wildman–Crippen MR) is 115 cm³/mol. The van der Waals surface area contributed by atoms with Gasteiger partial charge in [-0.15, -0.1) is 11.3 Å². The second-order valence-electron chi connectivity index (χ2n) is 5.98. The summed E-state index contributed by atoms with van der Waals surface area (Å²) in [4.78, 5) is 28.5. The summed E-state index contributed by atoms with van der Waals surface area (Å²) in [7, 11) is 3.13. The average Bonchev–Trinajstić information content (AvgIpc) is 3.23. The molecule has 0 aliphatic rings. The summed E-state index contributed by atoms with van der Waals surface area (Å²) in [6, 6.07) is 11.9. The highest BCUT2D eigenvalue weighted by Crippen LogP contribution is 2.31. The Balaban J connectivity index is 1.64. The predicted octanol–water partition coefficient (Wildman–Crippen LogP) is 4.33. The Labute approximate surface area is 177 Å². The van der Waals surface area contributed by atoms with Crippen molar-refractivity contribution < 1.29 is 23.8 Å². The number of esters is 1. The highest BCUT2D eigenvalue weighted by Gasteiger charge is 2.13. The molecule has 0 radical (unpaired) electrons. The molecule has 0 atom stereocenters. The number of hydrogen-bond acceptors (Lipinski definition) is 8. The van der Waals surface area contributed by atoms with E-state index in [0.717, 1.165) is 5.69 Å². The van der Waals surface area contributed by atoms with Gasteiger partial charge in [-0.3, -0.25) is 4.79 Å². The van der Waals surface area contributed by atoms with Gasteiger partial charge in [0.05, 0.1) is 26.4 Å². The number of ether oxygens (including phenoxy) is 3. The minimum absolute atomic E-state index is 0.275. The maximum Gasteiger partial charge on any atom is 0.338 e. The average molecular weight is 427 g/mol. The van der Waals surface area contributed by atoms with Gasteiger partial charge >= 0.3 is 5.97 Å². The van der Waals surface area contributed by atoms with Crippen LogP contribution in [0, 0.1) is 0 Å². The fraction of sp³-hybridized carbons (Fsp3) is 0.190. The van der Waals surface area contributed by atoms with Crippen molar-refractivity contribution in [1.82, 2.24) is 4.98 Å². The number of amides is 1. The zero-order valence-corrected chi connectivity index (χ0v) is 17.5. The maximum absolute atomic E-state index is 12.5. The summed E-state index contributed by atoms with van der Waals surface area (Å²) < 4.78 is 15.4. The molecule has 2 aromatic carbocycles. The zero-order valence-electron chi connectivity index (χ0n) is 16.7. The Bertz CT molecular complexity index is 1030. The Morgan fingerprint density at radius 3 is 2.37 bits per heavy atom. The smallest absolute Gasteiger partial charge is 0.338 e. The largest absolute Gasteiger partial charge is 0.493 e. The molecule has 0 aliphatic carbocycles. The second-order valence-corrected chi connectivity index (χ2v) is 6.84. The quantitative estimate of drug-likeness (QED) is 0.516. The number of rotatable bonds is 8. The van der Waals surface area contributed by atoms with Gasteiger partial charge in [0.25, 0.3) is 5.91 Å². The molecule has 3 rings (SSSR count). The third kappa shape index (κ3) is 5.06. The number of nitrogens with zero attached hydrogens (tertiary/aromatic N) is 1. The molecule has 0 saturated heterocycles. The molecule has 0 unspecified atom stereocenters. The highest BCUT2D eigenvalue weighted by atomic mass is 32.1. The molecule has 9 heteroatoms. The monoisotopic (exact) mass is 427 g/mol. The van der Waals surface area contributed by atoms with Gasteiger partial charge in [-0.25, -0.2) is 9.78 Å². The molecule has 30 heavy (non-hydrogen) atoms. The summed E-state index contributed by atoms with van der Waals surface area (Å²) in [5.74, 6) is 0.454. The van der Waals surface area contributed by atoms with Crippen LogP contribution in [0.4, 0.5) is 16.5 Å². The van der Waals surface area contributed by atoms with Gasteiger partial charge in [0.2, 0.25) is 0 Å². The van der Waals surface area contributed by atoms with Crippen LogP contribution in [0.2, 0.25) is 0 Å². The van der Waals surface area contributed by atoms with Gasteiger partial charge in [-0.1, -0.05) is 0 Å². The van der Waals surface area contributed by atoms with Crippen molar-refractivity contribution in [1.29, 1.82) is 0 Å². The molecule has 1 heterocycles. The van der Waals surface area contributed by atoms with Gasteiger partial charge < -0.3 is 24.8 Å². The van der Waals surface area contributed by atoms with Crippen LogP contribution in [0.3, 0.4) is 0 Å². The normalized spacial score (nSPS) is 10.2. The number of aromatic nitrogens is 1. The molecule has 2 N–H and O–H groups in total. The number of anilines is 3. The fourth-order valence-electron chi connectivity index (χ4n) is 2.57.